The summed E-state index contributed by atoms with van der Waals surface area (Å²) in [5.74, 6) is 2.71. The van der Waals surface area contributed by atoms with Gasteiger partial charge in [-0.15, -0.1) is 0 Å². The maximum atomic E-state index is 5.97. The van der Waals surface area contributed by atoms with Gasteiger partial charge >= 0.3 is 0 Å². The number of hydrogen-bond donors (Lipinski definition) is 1. The highest BCUT2D eigenvalue weighted by atomic mass is 32.2. The Labute approximate surface area is 106 Å². The van der Waals surface area contributed by atoms with Crippen LogP contribution in [-0.4, -0.2) is 9.78 Å². The van der Waals surface area contributed by atoms with Gasteiger partial charge in [0.15, 0.2) is 0 Å². The number of thioether (sulfide) groups is 1. The molecule has 0 radical (unpaired) electrons. The molecule has 1 aromatic heterocycles. The van der Waals surface area contributed by atoms with Crippen LogP contribution in [0.5, 0.6) is 0 Å². The van der Waals surface area contributed by atoms with E-state index in [1.165, 1.54) is 5.56 Å². The van der Waals surface area contributed by atoms with Gasteiger partial charge in [-0.05, 0) is 12.5 Å². The van der Waals surface area contributed by atoms with Crippen LogP contribution in [0.2, 0.25) is 0 Å². The lowest BCUT2D eigenvalue weighted by Gasteiger charge is -2.02. The topological polar surface area (TPSA) is 43.8 Å². The molecule has 2 rings (SSSR count). The minimum atomic E-state index is 0.781. The number of aromatic nitrogens is 2. The molecule has 2 aromatic rings. The van der Waals surface area contributed by atoms with Crippen LogP contribution in [0.25, 0.3) is 0 Å². The van der Waals surface area contributed by atoms with Crippen molar-refractivity contribution in [2.24, 2.45) is 7.05 Å². The van der Waals surface area contributed by atoms with E-state index in [0.717, 1.165) is 28.6 Å². The van der Waals surface area contributed by atoms with Gasteiger partial charge in [0, 0.05) is 24.1 Å². The summed E-state index contributed by atoms with van der Waals surface area (Å²) in [6.07, 6.45) is 0. The Morgan fingerprint density at radius 3 is 2.53 bits per heavy atom. The molecule has 0 saturated carbocycles. The smallest absolute Gasteiger partial charge is 0.125 e. The molecule has 0 spiro atoms. The van der Waals surface area contributed by atoms with Crippen LogP contribution in [0.4, 0.5) is 5.82 Å². The van der Waals surface area contributed by atoms with Crippen LogP contribution in [0, 0.1) is 6.92 Å². The Kier molecular flexibility index (Phi) is 3.74. The quantitative estimate of drug-likeness (QED) is 0.903. The van der Waals surface area contributed by atoms with Crippen molar-refractivity contribution in [3.63, 3.8) is 0 Å². The van der Waals surface area contributed by atoms with E-state index >= 15 is 0 Å². The van der Waals surface area contributed by atoms with Crippen molar-refractivity contribution >= 4 is 17.6 Å². The first-order valence-electron chi connectivity index (χ1n) is 5.58. The van der Waals surface area contributed by atoms with Crippen molar-refractivity contribution in [1.29, 1.82) is 0 Å². The van der Waals surface area contributed by atoms with E-state index < -0.39 is 0 Å². The van der Waals surface area contributed by atoms with Gasteiger partial charge in [-0.1, -0.05) is 30.3 Å². The van der Waals surface area contributed by atoms with Gasteiger partial charge in [0.1, 0.15) is 5.82 Å². The number of nitrogens with zero attached hydrogens (tertiary/aromatic N) is 2. The molecule has 2 N–H and O–H groups in total. The molecular formula is C13H17N3S. The van der Waals surface area contributed by atoms with Crippen LogP contribution in [0.3, 0.4) is 0 Å². The molecule has 90 valence electrons. The van der Waals surface area contributed by atoms with Gasteiger partial charge in [0.05, 0.1) is 5.69 Å². The van der Waals surface area contributed by atoms with Crippen LogP contribution in [0.15, 0.2) is 30.3 Å². The third-order valence-corrected chi connectivity index (χ3v) is 3.78. The van der Waals surface area contributed by atoms with Crippen LogP contribution in [-0.2, 0) is 18.6 Å². The molecule has 0 aliphatic heterocycles. The summed E-state index contributed by atoms with van der Waals surface area (Å²) in [7, 11) is 1.88. The maximum Gasteiger partial charge on any atom is 0.125 e. The van der Waals surface area contributed by atoms with E-state index in [2.05, 4.69) is 29.4 Å². The minimum absolute atomic E-state index is 0.781. The fraction of sp³-hybridized carbons (Fsp3) is 0.308. The van der Waals surface area contributed by atoms with Crippen molar-refractivity contribution in [2.45, 2.75) is 18.4 Å². The predicted octanol–water partition coefficient (Wildman–Crippen LogP) is 2.74. The summed E-state index contributed by atoms with van der Waals surface area (Å²) in [6.45, 7) is 2.01. The van der Waals surface area contributed by atoms with Gasteiger partial charge in [-0.3, -0.25) is 4.68 Å². The zero-order valence-corrected chi connectivity index (χ0v) is 11.0. The van der Waals surface area contributed by atoms with Gasteiger partial charge < -0.3 is 5.73 Å². The van der Waals surface area contributed by atoms with Gasteiger partial charge in [-0.2, -0.15) is 16.9 Å². The summed E-state index contributed by atoms with van der Waals surface area (Å²) in [4.78, 5) is 0. The van der Waals surface area contributed by atoms with E-state index in [1.54, 1.807) is 4.68 Å². The van der Waals surface area contributed by atoms with Crippen molar-refractivity contribution in [3.8, 4) is 0 Å². The largest absolute Gasteiger partial charge is 0.384 e. The molecule has 0 unspecified atom stereocenters. The number of hydrogen-bond acceptors (Lipinski definition) is 3. The second kappa shape index (κ2) is 5.27. The maximum absolute atomic E-state index is 5.97. The van der Waals surface area contributed by atoms with E-state index in [4.69, 9.17) is 5.73 Å². The number of benzene rings is 1. The molecule has 0 amide bonds. The highest BCUT2D eigenvalue weighted by Crippen LogP contribution is 2.23. The van der Waals surface area contributed by atoms with E-state index in [0.29, 0.717) is 0 Å². The highest BCUT2D eigenvalue weighted by molar-refractivity contribution is 7.97. The lowest BCUT2D eigenvalue weighted by Crippen LogP contribution is -1.99. The van der Waals surface area contributed by atoms with E-state index in [9.17, 15) is 0 Å². The van der Waals surface area contributed by atoms with Crippen molar-refractivity contribution < 1.29 is 0 Å². The van der Waals surface area contributed by atoms with E-state index in [-0.39, 0.29) is 0 Å². The monoisotopic (exact) mass is 247 g/mol. The molecule has 0 bridgehead atoms. The van der Waals surface area contributed by atoms with Crippen molar-refractivity contribution in [1.82, 2.24) is 9.78 Å². The first-order valence-corrected chi connectivity index (χ1v) is 6.73. The molecule has 0 atom stereocenters. The lowest BCUT2D eigenvalue weighted by molar-refractivity contribution is 0.767. The lowest BCUT2D eigenvalue weighted by atomic mass is 10.2. The molecule has 4 heteroatoms. The highest BCUT2D eigenvalue weighted by Gasteiger charge is 2.09. The molecule has 0 fully saturated rings. The number of nitrogens with two attached hydrogens (primary N) is 1. The Bertz CT molecular complexity index is 491. The predicted molar refractivity (Wildman–Crippen MR) is 73.8 cm³/mol. The summed E-state index contributed by atoms with van der Waals surface area (Å²) < 4.78 is 1.74. The summed E-state index contributed by atoms with van der Waals surface area (Å²) in [6, 6.07) is 10.5. The third kappa shape index (κ3) is 2.82. The number of rotatable bonds is 4. The molecule has 0 aliphatic carbocycles. The average Bonchev–Trinajstić information content (AvgIpc) is 2.57. The molecule has 1 heterocycles. The minimum Gasteiger partial charge on any atom is -0.384 e. The SMILES string of the molecule is Cc1nn(C)c(N)c1CSCc1ccccc1. The Morgan fingerprint density at radius 1 is 1.24 bits per heavy atom. The summed E-state index contributed by atoms with van der Waals surface area (Å²) in [5, 5.41) is 4.31. The van der Waals surface area contributed by atoms with Gasteiger partial charge in [0.25, 0.3) is 0 Å². The molecule has 17 heavy (non-hydrogen) atoms. The first-order chi connectivity index (χ1) is 8.18. The Morgan fingerprint density at radius 2 is 1.94 bits per heavy atom. The Balaban J connectivity index is 1.95. The summed E-state index contributed by atoms with van der Waals surface area (Å²) >= 11 is 1.87. The fourth-order valence-corrected chi connectivity index (χ4v) is 2.83. The molecule has 0 saturated heterocycles. The number of anilines is 1. The average molecular weight is 247 g/mol. The number of aryl methyl sites for hydroxylation is 2. The molecule has 3 nitrogen and oxygen atoms in total. The van der Waals surface area contributed by atoms with Crippen molar-refractivity contribution in [2.75, 3.05) is 5.73 Å². The Hall–Kier alpha value is -1.42. The standard InChI is InChI=1S/C13H17N3S/c1-10-12(13(14)16(2)15-10)9-17-8-11-6-4-3-5-7-11/h3-7H,8-9,14H2,1-2H3. The number of nitrogen functional groups attached to an aromatic ring is 1. The normalized spacial score (nSPS) is 10.7. The van der Waals surface area contributed by atoms with E-state index in [1.807, 2.05) is 31.8 Å². The van der Waals surface area contributed by atoms with Crippen LogP contribution in [0.1, 0.15) is 16.8 Å². The molecular weight excluding hydrogens is 230 g/mol. The second-order valence-corrected chi connectivity index (χ2v) is 5.04. The van der Waals surface area contributed by atoms with Gasteiger partial charge in [-0.25, -0.2) is 0 Å². The first kappa shape index (κ1) is 12.0. The second-order valence-electron chi connectivity index (χ2n) is 4.05. The van der Waals surface area contributed by atoms with Crippen molar-refractivity contribution in [3.05, 3.63) is 47.2 Å². The summed E-state index contributed by atoms with van der Waals surface area (Å²) in [5.41, 5.74) is 9.51. The van der Waals surface area contributed by atoms with Gasteiger partial charge in [0.2, 0.25) is 0 Å². The van der Waals surface area contributed by atoms with Crippen LogP contribution >= 0.6 is 11.8 Å². The molecule has 0 aliphatic rings. The third-order valence-electron chi connectivity index (χ3n) is 2.75. The zero-order valence-electron chi connectivity index (χ0n) is 10.2. The molecule has 1 aromatic carbocycles. The fourth-order valence-electron chi connectivity index (χ4n) is 1.74. The van der Waals surface area contributed by atoms with Crippen LogP contribution < -0.4 is 5.73 Å². The zero-order chi connectivity index (χ0) is 12.3.